The number of ether oxygens (including phenoxy) is 1. The fourth-order valence-corrected chi connectivity index (χ4v) is 1.77. The van der Waals surface area contributed by atoms with E-state index < -0.39 is 36.3 Å². The van der Waals surface area contributed by atoms with Crippen LogP contribution in [0.15, 0.2) is 0 Å². The lowest BCUT2D eigenvalue weighted by atomic mass is 9.70. The Morgan fingerprint density at radius 2 is 1.57 bits per heavy atom. The van der Waals surface area contributed by atoms with Crippen LogP contribution in [0.1, 0.15) is 54.4 Å². The molecule has 21 heavy (non-hydrogen) atoms. The van der Waals surface area contributed by atoms with Gasteiger partial charge >= 0.3 is 18.3 Å². The van der Waals surface area contributed by atoms with Crippen LogP contribution in [-0.4, -0.2) is 24.9 Å². The van der Waals surface area contributed by atoms with E-state index in [0.29, 0.717) is 6.42 Å². The summed E-state index contributed by atoms with van der Waals surface area (Å²) >= 11 is 0. The first-order valence-corrected chi connectivity index (χ1v) is 7.05. The second-order valence-corrected chi connectivity index (χ2v) is 7.31. The van der Waals surface area contributed by atoms with Crippen molar-refractivity contribution in [3.63, 3.8) is 0 Å². The van der Waals surface area contributed by atoms with E-state index >= 15 is 0 Å². The summed E-state index contributed by atoms with van der Waals surface area (Å²) in [5.74, 6) is -5.77. The molecule has 1 unspecified atom stereocenters. The highest BCUT2D eigenvalue weighted by Gasteiger charge is 2.44. The quantitative estimate of drug-likeness (QED) is 0.492. The molecule has 0 radical (unpaired) electrons. The van der Waals surface area contributed by atoms with Crippen molar-refractivity contribution in [3.05, 3.63) is 0 Å². The van der Waals surface area contributed by atoms with Crippen LogP contribution < -0.4 is 0 Å². The summed E-state index contributed by atoms with van der Waals surface area (Å²) < 4.78 is 54.3. The third-order valence-electron chi connectivity index (χ3n) is 3.77. The van der Waals surface area contributed by atoms with Crippen LogP contribution in [-0.2, 0) is 9.53 Å². The van der Waals surface area contributed by atoms with Crippen molar-refractivity contribution in [1.29, 1.82) is 0 Å². The van der Waals surface area contributed by atoms with Gasteiger partial charge in [0.15, 0.2) is 6.61 Å². The van der Waals surface area contributed by atoms with Gasteiger partial charge in [0.05, 0.1) is 5.92 Å². The lowest BCUT2D eigenvalue weighted by molar-refractivity contribution is -0.186. The van der Waals surface area contributed by atoms with E-state index in [-0.39, 0.29) is 5.41 Å². The molecule has 0 saturated heterocycles. The van der Waals surface area contributed by atoms with Gasteiger partial charge in [0.2, 0.25) is 0 Å². The van der Waals surface area contributed by atoms with Crippen LogP contribution in [0.5, 0.6) is 0 Å². The van der Waals surface area contributed by atoms with Crippen molar-refractivity contribution in [2.75, 3.05) is 6.61 Å². The summed E-state index contributed by atoms with van der Waals surface area (Å²) in [5.41, 5.74) is -0.661. The van der Waals surface area contributed by atoms with Crippen molar-refractivity contribution in [2.45, 2.75) is 66.7 Å². The highest BCUT2D eigenvalue weighted by atomic mass is 19.3. The Balaban J connectivity index is 4.92. The first-order chi connectivity index (χ1) is 9.23. The van der Waals surface area contributed by atoms with Crippen molar-refractivity contribution >= 4 is 5.97 Å². The average molecular weight is 314 g/mol. The third-order valence-corrected chi connectivity index (χ3v) is 3.77. The topological polar surface area (TPSA) is 26.3 Å². The number of carbonyl (C=O) groups excluding carboxylic acids is 1. The van der Waals surface area contributed by atoms with E-state index in [9.17, 15) is 22.4 Å². The molecule has 0 aliphatic heterocycles. The maximum absolute atomic E-state index is 12.8. The second kappa shape index (κ2) is 6.97. The highest BCUT2D eigenvalue weighted by molar-refractivity contribution is 5.73. The van der Waals surface area contributed by atoms with Gasteiger partial charge in [-0.3, -0.25) is 4.79 Å². The lowest BCUT2D eigenvalue weighted by Gasteiger charge is -2.35. The average Bonchev–Trinajstić information content (AvgIpc) is 2.31. The van der Waals surface area contributed by atoms with Crippen LogP contribution in [0.2, 0.25) is 0 Å². The molecule has 0 saturated carbocycles. The van der Waals surface area contributed by atoms with Crippen molar-refractivity contribution in [3.8, 4) is 0 Å². The van der Waals surface area contributed by atoms with E-state index in [0.717, 1.165) is 6.42 Å². The smallest absolute Gasteiger partial charge is 0.340 e. The second-order valence-electron chi connectivity index (χ2n) is 7.31. The van der Waals surface area contributed by atoms with Crippen LogP contribution in [0.25, 0.3) is 0 Å². The maximum atomic E-state index is 12.8. The summed E-state index contributed by atoms with van der Waals surface area (Å²) in [6.07, 6.45) is -2.59. The number of esters is 1. The molecule has 0 spiro atoms. The van der Waals surface area contributed by atoms with E-state index in [2.05, 4.69) is 4.74 Å². The lowest BCUT2D eigenvalue weighted by Crippen LogP contribution is -2.38. The number of hydrogen-bond donors (Lipinski definition) is 0. The Kier molecular flexibility index (Phi) is 6.70. The number of halogens is 4. The van der Waals surface area contributed by atoms with Gasteiger partial charge in [-0.05, 0) is 17.3 Å². The predicted octanol–water partition coefficient (Wildman–Crippen LogP) is 4.92. The molecule has 0 fully saturated rings. The van der Waals surface area contributed by atoms with Gasteiger partial charge < -0.3 is 4.74 Å². The molecular weight excluding hydrogens is 288 g/mol. The molecular formula is C15H26F4O2. The molecule has 0 bridgehead atoms. The van der Waals surface area contributed by atoms with Gasteiger partial charge in [0.25, 0.3) is 0 Å². The van der Waals surface area contributed by atoms with Gasteiger partial charge in [-0.2, -0.15) is 8.78 Å². The van der Waals surface area contributed by atoms with Crippen LogP contribution in [0.3, 0.4) is 0 Å². The van der Waals surface area contributed by atoms with Gasteiger partial charge in [0.1, 0.15) is 0 Å². The third kappa shape index (κ3) is 6.66. The molecule has 0 aromatic carbocycles. The highest BCUT2D eigenvalue weighted by Crippen LogP contribution is 2.39. The van der Waals surface area contributed by atoms with Gasteiger partial charge in [-0.25, -0.2) is 8.78 Å². The Morgan fingerprint density at radius 1 is 1.10 bits per heavy atom. The number of rotatable bonds is 7. The molecule has 126 valence electrons. The molecule has 0 heterocycles. The van der Waals surface area contributed by atoms with Crippen LogP contribution in [0.4, 0.5) is 17.6 Å². The molecule has 2 nitrogen and oxygen atoms in total. The van der Waals surface area contributed by atoms with Crippen LogP contribution in [0, 0.1) is 16.7 Å². The van der Waals surface area contributed by atoms with Crippen LogP contribution >= 0.6 is 0 Å². The van der Waals surface area contributed by atoms with Gasteiger partial charge in [-0.15, -0.1) is 0 Å². The number of hydrogen-bond acceptors (Lipinski definition) is 2. The molecule has 0 amide bonds. The zero-order chi connectivity index (χ0) is 17.1. The molecule has 6 heteroatoms. The Morgan fingerprint density at radius 3 is 1.90 bits per heavy atom. The summed E-state index contributed by atoms with van der Waals surface area (Å²) in [7, 11) is 0. The standard InChI is InChI=1S/C15H26F4O2/c1-7-14(5,6)8-10(13(2,3)4)11(20)21-9-15(18,19)12(16)17/h10,12H,7-9H2,1-6H3. The summed E-state index contributed by atoms with van der Waals surface area (Å²) in [4.78, 5) is 12.1. The molecule has 0 aliphatic rings. The molecule has 0 rings (SSSR count). The minimum absolute atomic E-state index is 0.164. The van der Waals surface area contributed by atoms with Crippen molar-refractivity contribution in [2.24, 2.45) is 16.7 Å². The molecule has 0 aliphatic carbocycles. The largest absolute Gasteiger partial charge is 0.459 e. The van der Waals surface area contributed by atoms with E-state index in [1.54, 1.807) is 20.8 Å². The Labute approximate surface area is 124 Å². The fraction of sp³-hybridized carbons (Fsp3) is 0.933. The molecule has 0 aromatic rings. The number of alkyl halides is 4. The Hall–Kier alpha value is -0.810. The molecule has 0 aromatic heterocycles. The first kappa shape index (κ1) is 20.2. The first-order valence-electron chi connectivity index (χ1n) is 7.05. The number of carbonyl (C=O) groups is 1. The molecule has 0 N–H and O–H groups in total. The SMILES string of the molecule is CCC(C)(C)CC(C(=O)OCC(F)(F)C(F)F)C(C)(C)C. The summed E-state index contributed by atoms with van der Waals surface area (Å²) in [5, 5.41) is 0. The predicted molar refractivity (Wildman–Crippen MR) is 73.5 cm³/mol. The van der Waals surface area contributed by atoms with E-state index in [4.69, 9.17) is 0 Å². The zero-order valence-electron chi connectivity index (χ0n) is 13.6. The van der Waals surface area contributed by atoms with Gasteiger partial charge in [0, 0.05) is 0 Å². The van der Waals surface area contributed by atoms with Crippen molar-refractivity contribution in [1.82, 2.24) is 0 Å². The molecule has 1 atom stereocenters. The van der Waals surface area contributed by atoms with E-state index in [1.807, 2.05) is 20.8 Å². The summed E-state index contributed by atoms with van der Waals surface area (Å²) in [6, 6.07) is 0. The monoisotopic (exact) mass is 314 g/mol. The van der Waals surface area contributed by atoms with Crippen molar-refractivity contribution < 1.29 is 27.1 Å². The van der Waals surface area contributed by atoms with Gasteiger partial charge in [-0.1, -0.05) is 48.0 Å². The minimum atomic E-state index is -4.31. The Bertz CT molecular complexity index is 346. The van der Waals surface area contributed by atoms with E-state index in [1.165, 1.54) is 0 Å². The minimum Gasteiger partial charge on any atom is -0.459 e. The maximum Gasteiger partial charge on any atom is 0.340 e. The fourth-order valence-electron chi connectivity index (χ4n) is 1.77. The summed E-state index contributed by atoms with van der Waals surface area (Å²) in [6.45, 7) is 9.72. The normalized spacial score (nSPS) is 15.2. The zero-order valence-corrected chi connectivity index (χ0v) is 13.6.